The van der Waals surface area contributed by atoms with Crippen LogP contribution in [0.25, 0.3) is 10.2 Å². The SMILES string of the molecule is CC(C)C[C@H](NC(CC(=O)Nc1nc2ccc(Br)cc2s1)C(=O)O)C(=O)O. The lowest BCUT2D eigenvalue weighted by molar-refractivity contribution is -0.144. The molecule has 0 aliphatic heterocycles. The lowest BCUT2D eigenvalue weighted by atomic mass is 10.0. The lowest BCUT2D eigenvalue weighted by Gasteiger charge is -2.21. The Bertz CT molecular complexity index is 854. The molecule has 146 valence electrons. The largest absolute Gasteiger partial charge is 0.480 e. The number of fused-ring (bicyclic) bond motifs is 1. The predicted molar refractivity (Wildman–Crippen MR) is 106 cm³/mol. The molecule has 2 aromatic rings. The molecule has 10 heteroatoms. The van der Waals surface area contributed by atoms with E-state index in [9.17, 15) is 24.6 Å². The minimum atomic E-state index is -1.31. The Morgan fingerprint density at radius 3 is 2.44 bits per heavy atom. The van der Waals surface area contributed by atoms with Gasteiger partial charge in [-0.05, 0) is 30.5 Å². The summed E-state index contributed by atoms with van der Waals surface area (Å²) in [6, 6.07) is 3.15. The van der Waals surface area contributed by atoms with Gasteiger partial charge in [0, 0.05) is 4.47 Å². The molecule has 27 heavy (non-hydrogen) atoms. The van der Waals surface area contributed by atoms with E-state index in [4.69, 9.17) is 0 Å². The highest BCUT2D eigenvalue weighted by Gasteiger charge is 2.28. The van der Waals surface area contributed by atoms with Gasteiger partial charge in [0.2, 0.25) is 5.91 Å². The summed E-state index contributed by atoms with van der Waals surface area (Å²) in [6.45, 7) is 3.68. The molecule has 0 saturated carbocycles. The summed E-state index contributed by atoms with van der Waals surface area (Å²) in [6.07, 6.45) is -0.149. The van der Waals surface area contributed by atoms with Gasteiger partial charge in [-0.25, -0.2) is 4.98 Å². The number of carbonyl (C=O) groups excluding carboxylic acids is 1. The molecule has 4 N–H and O–H groups in total. The van der Waals surface area contributed by atoms with Crippen LogP contribution in [0.5, 0.6) is 0 Å². The third-order valence-corrected chi connectivity index (χ3v) is 5.12. The zero-order chi connectivity index (χ0) is 20.1. The highest BCUT2D eigenvalue weighted by molar-refractivity contribution is 9.10. The maximum Gasteiger partial charge on any atom is 0.321 e. The van der Waals surface area contributed by atoms with Crippen LogP contribution >= 0.6 is 27.3 Å². The Hall–Kier alpha value is -2.04. The molecular formula is C17H20BrN3O5S. The van der Waals surface area contributed by atoms with E-state index in [0.29, 0.717) is 10.6 Å². The molecule has 1 aromatic heterocycles. The first-order valence-corrected chi connectivity index (χ1v) is 9.84. The van der Waals surface area contributed by atoms with E-state index < -0.39 is 36.4 Å². The molecule has 2 atom stereocenters. The predicted octanol–water partition coefficient (Wildman–Crippen LogP) is 2.93. The molecule has 0 radical (unpaired) electrons. The van der Waals surface area contributed by atoms with Crippen molar-refractivity contribution in [3.05, 3.63) is 22.7 Å². The minimum absolute atomic E-state index is 0.0592. The van der Waals surface area contributed by atoms with E-state index in [1.807, 2.05) is 26.0 Å². The van der Waals surface area contributed by atoms with Crippen molar-refractivity contribution in [2.75, 3.05) is 5.32 Å². The van der Waals surface area contributed by atoms with Gasteiger partial charge in [-0.2, -0.15) is 0 Å². The molecule has 1 aromatic carbocycles. The Balaban J connectivity index is 2.04. The van der Waals surface area contributed by atoms with Gasteiger partial charge in [-0.15, -0.1) is 0 Å². The summed E-state index contributed by atoms with van der Waals surface area (Å²) in [5.74, 6) is -2.92. The van der Waals surface area contributed by atoms with Crippen LogP contribution in [-0.4, -0.2) is 45.1 Å². The summed E-state index contributed by atoms with van der Waals surface area (Å²) in [7, 11) is 0. The molecule has 0 bridgehead atoms. The number of carbonyl (C=O) groups is 3. The van der Waals surface area contributed by atoms with E-state index in [0.717, 1.165) is 9.17 Å². The van der Waals surface area contributed by atoms with Crippen molar-refractivity contribution in [3.63, 3.8) is 0 Å². The maximum atomic E-state index is 12.2. The zero-order valence-corrected chi connectivity index (χ0v) is 17.1. The first-order valence-electron chi connectivity index (χ1n) is 8.23. The van der Waals surface area contributed by atoms with E-state index in [1.54, 1.807) is 6.07 Å². The van der Waals surface area contributed by atoms with Gasteiger partial charge in [-0.3, -0.25) is 19.7 Å². The third kappa shape index (κ3) is 6.26. The molecule has 1 amide bonds. The van der Waals surface area contributed by atoms with Gasteiger partial charge in [0.05, 0.1) is 16.6 Å². The fourth-order valence-electron chi connectivity index (χ4n) is 2.48. The van der Waals surface area contributed by atoms with Crippen LogP contribution in [0.3, 0.4) is 0 Å². The van der Waals surface area contributed by atoms with Gasteiger partial charge in [-0.1, -0.05) is 41.1 Å². The summed E-state index contributed by atoms with van der Waals surface area (Å²) >= 11 is 4.63. The smallest absolute Gasteiger partial charge is 0.321 e. The summed E-state index contributed by atoms with van der Waals surface area (Å²) < 4.78 is 1.76. The quantitative estimate of drug-likeness (QED) is 0.455. The number of nitrogens with zero attached hydrogens (tertiary/aromatic N) is 1. The third-order valence-electron chi connectivity index (χ3n) is 3.69. The van der Waals surface area contributed by atoms with E-state index in [2.05, 4.69) is 31.5 Å². The highest BCUT2D eigenvalue weighted by atomic mass is 79.9. The van der Waals surface area contributed by atoms with Gasteiger partial charge in [0.15, 0.2) is 5.13 Å². The van der Waals surface area contributed by atoms with Crippen LogP contribution in [0.1, 0.15) is 26.7 Å². The Morgan fingerprint density at radius 1 is 1.19 bits per heavy atom. The number of nitrogens with one attached hydrogen (secondary N) is 2. The number of amides is 1. The van der Waals surface area contributed by atoms with Crippen molar-refractivity contribution >= 4 is 60.5 Å². The van der Waals surface area contributed by atoms with Crippen molar-refractivity contribution < 1.29 is 24.6 Å². The lowest BCUT2D eigenvalue weighted by Crippen LogP contribution is -2.49. The maximum absolute atomic E-state index is 12.2. The Labute approximate surface area is 168 Å². The average Bonchev–Trinajstić information content (AvgIpc) is 2.93. The summed E-state index contributed by atoms with van der Waals surface area (Å²) in [5.41, 5.74) is 0.717. The first-order chi connectivity index (χ1) is 12.7. The number of carboxylic acid groups (broad SMARTS) is 2. The van der Waals surface area contributed by atoms with Gasteiger partial charge in [0.1, 0.15) is 12.1 Å². The number of aliphatic carboxylic acids is 2. The average molecular weight is 458 g/mol. The molecule has 0 aliphatic carbocycles. The van der Waals surface area contributed by atoms with Crippen LogP contribution < -0.4 is 10.6 Å². The number of anilines is 1. The summed E-state index contributed by atoms with van der Waals surface area (Å²) in [4.78, 5) is 39.3. The molecule has 1 unspecified atom stereocenters. The fourth-order valence-corrected chi connectivity index (χ4v) is 3.91. The monoisotopic (exact) mass is 457 g/mol. The molecule has 0 fully saturated rings. The summed E-state index contributed by atoms with van der Waals surface area (Å²) in [5, 5.41) is 24.1. The number of thiazole rings is 1. The van der Waals surface area contributed by atoms with E-state index >= 15 is 0 Å². The molecule has 8 nitrogen and oxygen atoms in total. The molecule has 2 rings (SSSR count). The fraction of sp³-hybridized carbons (Fsp3) is 0.412. The first kappa shape index (κ1) is 21.3. The number of halogens is 1. The van der Waals surface area contributed by atoms with Gasteiger partial charge >= 0.3 is 11.9 Å². The van der Waals surface area contributed by atoms with E-state index in [1.165, 1.54) is 11.3 Å². The molecule has 1 heterocycles. The highest BCUT2D eigenvalue weighted by Crippen LogP contribution is 2.28. The van der Waals surface area contributed by atoms with Crippen LogP contribution in [-0.2, 0) is 14.4 Å². The zero-order valence-electron chi connectivity index (χ0n) is 14.7. The number of hydrogen-bond donors (Lipinski definition) is 4. The second kappa shape index (κ2) is 9.25. The van der Waals surface area contributed by atoms with Gasteiger partial charge in [0.25, 0.3) is 0 Å². The van der Waals surface area contributed by atoms with E-state index in [-0.39, 0.29) is 12.3 Å². The van der Waals surface area contributed by atoms with Crippen LogP contribution in [0.15, 0.2) is 22.7 Å². The van der Waals surface area contributed by atoms with Crippen molar-refractivity contribution in [1.82, 2.24) is 10.3 Å². The minimum Gasteiger partial charge on any atom is -0.480 e. The standard InChI is InChI=1S/C17H20BrN3O5S/c1-8(2)5-11(15(23)24)19-12(16(25)26)7-14(22)21-17-20-10-4-3-9(18)6-13(10)27-17/h3-4,6,8,11-12,19H,5,7H2,1-2H3,(H,23,24)(H,25,26)(H,20,21,22)/t11-,12?/m0/s1. The second-order valence-electron chi connectivity index (χ2n) is 6.46. The second-order valence-corrected chi connectivity index (χ2v) is 8.41. The number of benzene rings is 1. The van der Waals surface area contributed by atoms with Gasteiger partial charge < -0.3 is 15.5 Å². The number of aromatic nitrogens is 1. The molecule has 0 aliphatic rings. The van der Waals surface area contributed by atoms with Crippen molar-refractivity contribution in [2.45, 2.75) is 38.8 Å². The van der Waals surface area contributed by atoms with Crippen molar-refractivity contribution in [2.24, 2.45) is 5.92 Å². The van der Waals surface area contributed by atoms with Crippen LogP contribution in [0.4, 0.5) is 5.13 Å². The number of rotatable bonds is 9. The molecule has 0 spiro atoms. The van der Waals surface area contributed by atoms with Crippen LogP contribution in [0.2, 0.25) is 0 Å². The number of hydrogen-bond acceptors (Lipinski definition) is 6. The number of carboxylic acids is 2. The van der Waals surface area contributed by atoms with Crippen LogP contribution in [0, 0.1) is 5.92 Å². The molecule has 0 saturated heterocycles. The Morgan fingerprint density at radius 2 is 1.85 bits per heavy atom. The topological polar surface area (TPSA) is 129 Å². The van der Waals surface area contributed by atoms with Crippen molar-refractivity contribution in [1.29, 1.82) is 0 Å². The normalized spacial score (nSPS) is 13.5. The molecular weight excluding hydrogens is 438 g/mol. The van der Waals surface area contributed by atoms with Crippen molar-refractivity contribution in [3.8, 4) is 0 Å². The Kier molecular flexibility index (Phi) is 7.28.